The number of rotatable bonds is 12. The Morgan fingerprint density at radius 2 is 1.20 bits per heavy atom. The fourth-order valence-corrected chi connectivity index (χ4v) is 9.23. The van der Waals surface area contributed by atoms with Gasteiger partial charge in [-0.3, -0.25) is 6.07 Å². The summed E-state index contributed by atoms with van der Waals surface area (Å²) in [6.07, 6.45) is 0. The first-order valence-electron chi connectivity index (χ1n) is 18.7. The fourth-order valence-electron chi connectivity index (χ4n) is 6.67. The topological polar surface area (TPSA) is 306 Å². The van der Waals surface area contributed by atoms with Crippen molar-refractivity contribution < 1.29 is 133 Å². The van der Waals surface area contributed by atoms with Crippen LogP contribution in [0.3, 0.4) is 0 Å². The first-order valence-corrected chi connectivity index (χ1v) is 23.8. The van der Waals surface area contributed by atoms with Crippen LogP contribution in [0.1, 0.15) is 16.7 Å². The zero-order valence-corrected chi connectivity index (χ0v) is 41.7. The second kappa shape index (κ2) is 24.7. The van der Waals surface area contributed by atoms with Crippen molar-refractivity contribution in [2.45, 2.75) is 21.6 Å². The number of nitrogens with one attached hydrogen (secondary N) is 2. The molecule has 0 aliphatic carbocycles. The Balaban J connectivity index is 0.00000266. The quantitative estimate of drug-likeness (QED) is 0.0501. The Labute approximate surface area is 471 Å². The molecule has 328 valence electrons. The van der Waals surface area contributed by atoms with E-state index >= 15 is 0 Å². The minimum absolute atomic E-state index is 0. The molecule has 27 heteroatoms. The molecule has 2 heterocycles. The maximum Gasteiger partial charge on any atom is 1.00 e. The number of anilines is 4. The van der Waals surface area contributed by atoms with Crippen LogP contribution in [0, 0.1) is 41.7 Å². The molecule has 0 spiro atoms. The molecule has 18 nitrogen and oxygen atoms in total. The monoisotopic (exact) mass is 985 g/mol. The molecule has 0 aliphatic rings. The molecule has 2 N–H and O–H groups in total. The molecule has 0 saturated carbocycles. The van der Waals surface area contributed by atoms with Gasteiger partial charge in [-0.25, -0.2) is 41.0 Å². The molecule has 0 amide bonds. The van der Waals surface area contributed by atoms with Crippen molar-refractivity contribution in [3.63, 3.8) is 0 Å². The van der Waals surface area contributed by atoms with Gasteiger partial charge in [0, 0.05) is 22.5 Å². The number of hydrogen-bond donors (Lipinski definition) is 2. The molecule has 0 fully saturated rings. The van der Waals surface area contributed by atoms with Crippen molar-refractivity contribution in [3.05, 3.63) is 144 Å². The van der Waals surface area contributed by atoms with E-state index in [4.69, 9.17) is 0 Å². The molecule has 0 atom stereocenters. The third-order valence-electron chi connectivity index (χ3n) is 9.79. The Bertz CT molecular complexity index is 3800. The van der Waals surface area contributed by atoms with E-state index in [2.05, 4.69) is 60.3 Å². The van der Waals surface area contributed by atoms with E-state index in [1.54, 1.807) is 6.07 Å². The van der Waals surface area contributed by atoms with E-state index in [1.165, 1.54) is 49.4 Å². The molecule has 2 aromatic heterocycles. The van der Waals surface area contributed by atoms with Crippen LogP contribution in [0.4, 0.5) is 44.4 Å². The van der Waals surface area contributed by atoms with Crippen molar-refractivity contribution in [1.82, 2.24) is 4.98 Å². The molecule has 0 saturated heterocycles. The van der Waals surface area contributed by atoms with Gasteiger partial charge < -0.3 is 42.5 Å². The average molecular weight is 986 g/mol. The van der Waals surface area contributed by atoms with Crippen LogP contribution >= 0.6 is 11.3 Å². The first-order chi connectivity index (χ1) is 31.4. The van der Waals surface area contributed by atoms with E-state index < -0.39 is 45.0 Å². The summed E-state index contributed by atoms with van der Waals surface area (Å²) in [5, 5.41) is 46.9. The van der Waals surface area contributed by atoms with Gasteiger partial charge in [0.2, 0.25) is 0 Å². The van der Waals surface area contributed by atoms with Crippen LogP contribution in [0.5, 0.6) is 0 Å². The van der Waals surface area contributed by atoms with Gasteiger partial charge in [0.25, 0.3) is 0 Å². The summed E-state index contributed by atoms with van der Waals surface area (Å²) < 4.78 is 106. The van der Waals surface area contributed by atoms with Crippen LogP contribution in [-0.2, 0) is 30.4 Å². The molecule has 8 aromatic rings. The third kappa shape index (κ3) is 13.6. The number of hydrogen-bond acceptors (Lipinski definition) is 19. The zero-order chi connectivity index (χ0) is 47.0. The minimum atomic E-state index is -4.97. The molecule has 0 radical (unpaired) electrons. The smallest absolute Gasteiger partial charge is 0.746 e. The van der Waals surface area contributed by atoms with Crippen LogP contribution in [-0.4, -0.2) is 43.9 Å². The molecular weight excluding hydrogens is 962 g/mol. The SMILES string of the molecule is Cc1c(C#N)c(Nc2ccc(S(=O)(=O)[O-])cc2)nc(Nc2ccc(S(=O)(=O)[O-])cc2)c1N=Nc1sc(N=Nc2cc(S(=O)(=O)[O-])c3c[c-]c[c-]c3c2)c(-c2ccc3ccccc3c2)c1C#N.[Li+].[Li+].[Li+].[Li+].[Li+]. The van der Waals surface area contributed by atoms with E-state index in [0.29, 0.717) is 11.1 Å². The van der Waals surface area contributed by atoms with Crippen molar-refractivity contribution in [1.29, 1.82) is 10.5 Å². The zero-order valence-electron chi connectivity index (χ0n) is 38.4. The van der Waals surface area contributed by atoms with E-state index in [1.807, 2.05) is 36.4 Å². The Morgan fingerprint density at radius 3 is 1.76 bits per heavy atom. The molecule has 0 unspecified atom stereocenters. The molecular formula is C44H24Li5N9O9S4. The molecule has 0 aliphatic heterocycles. The van der Waals surface area contributed by atoms with Gasteiger partial charge in [-0.05, 0) is 88.8 Å². The largest absolute Gasteiger partial charge is 1.00 e. The van der Waals surface area contributed by atoms with Crippen molar-refractivity contribution in [2.75, 3.05) is 10.6 Å². The van der Waals surface area contributed by atoms with Gasteiger partial charge in [0.15, 0.2) is 16.6 Å². The number of benzene rings is 6. The third-order valence-corrected chi connectivity index (χ3v) is 13.3. The van der Waals surface area contributed by atoms with Crippen LogP contribution < -0.4 is 105 Å². The van der Waals surface area contributed by atoms with Crippen LogP contribution in [0.25, 0.3) is 32.7 Å². The summed E-state index contributed by atoms with van der Waals surface area (Å²) >= 11 is 0.894. The maximum absolute atomic E-state index is 12.3. The second-order valence-corrected chi connectivity index (χ2v) is 19.1. The number of azo groups is 2. The standard InChI is InChI=1S/C44H27N9O9S4.5Li/c1-25-36(23-45)41(47-30-12-16-33(17-13-30)64(54,55)56)49-42(48-31-14-18-34(19-15-31)65(57,58)59)40(25)51-52-43-37(24-46)39(29-11-10-26-6-2-3-7-27(26)20-29)44(63-43)53-50-32-21-28-8-4-5-9-35(28)38(22-32)66(60,61)62;;;;;/h2-4,6-7,9-22H,1H3,(H2,47,48,49)(H,54,55,56)(H,57,58,59)(H,60,61,62);;;;;/q-2;5*+1/p-3. The number of fused-ring (bicyclic) bond motifs is 2. The summed E-state index contributed by atoms with van der Waals surface area (Å²) in [5.41, 5.74) is 1.39. The Kier molecular flexibility index (Phi) is 21.1. The molecule has 8 rings (SSSR count). The van der Waals surface area contributed by atoms with Crippen molar-refractivity contribution in [2.24, 2.45) is 20.5 Å². The van der Waals surface area contributed by atoms with Gasteiger partial charge in [-0.2, -0.15) is 10.5 Å². The number of pyridine rings is 1. The predicted octanol–water partition coefficient (Wildman–Crippen LogP) is -5.18. The van der Waals surface area contributed by atoms with Gasteiger partial charge >= 0.3 is 94.3 Å². The van der Waals surface area contributed by atoms with E-state index in [0.717, 1.165) is 52.4 Å². The number of nitriles is 2. The van der Waals surface area contributed by atoms with Gasteiger partial charge in [0.05, 0.1) is 21.0 Å². The van der Waals surface area contributed by atoms with Crippen LogP contribution in [0.2, 0.25) is 0 Å². The first kappa shape index (κ1) is 60.5. The van der Waals surface area contributed by atoms with Gasteiger partial charge in [0.1, 0.15) is 58.7 Å². The molecule has 0 bridgehead atoms. The second-order valence-electron chi connectivity index (χ2n) is 14.0. The number of nitrogens with zero attached hydrogens (tertiary/aromatic N) is 7. The molecule has 71 heavy (non-hydrogen) atoms. The summed E-state index contributed by atoms with van der Waals surface area (Å²) in [4.78, 5) is 3.02. The Morgan fingerprint density at radius 1 is 0.634 bits per heavy atom. The number of aromatic nitrogens is 1. The van der Waals surface area contributed by atoms with E-state index in [9.17, 15) is 49.4 Å². The minimum Gasteiger partial charge on any atom is -0.746 e. The fraction of sp³-hybridized carbons (Fsp3) is 0.0227. The average Bonchev–Trinajstić information content (AvgIpc) is 3.64. The summed E-state index contributed by atoms with van der Waals surface area (Å²) in [7, 11) is -14.5. The number of thiophene rings is 1. The van der Waals surface area contributed by atoms with E-state index in [-0.39, 0.29) is 166 Å². The summed E-state index contributed by atoms with van der Waals surface area (Å²) in [5.74, 6) is -0.116. The predicted molar refractivity (Wildman–Crippen MR) is 239 cm³/mol. The molecule has 6 aromatic carbocycles. The van der Waals surface area contributed by atoms with Gasteiger partial charge in [-0.1, -0.05) is 53.8 Å². The van der Waals surface area contributed by atoms with Crippen molar-refractivity contribution in [3.8, 4) is 23.3 Å². The van der Waals surface area contributed by atoms with Crippen molar-refractivity contribution >= 4 is 108 Å². The summed E-state index contributed by atoms with van der Waals surface area (Å²) in [6, 6.07) is 37.5. The maximum atomic E-state index is 12.3. The Hall–Kier alpha value is -4.81. The normalized spacial score (nSPS) is 11.3. The van der Waals surface area contributed by atoms with Crippen LogP contribution in [0.15, 0.2) is 150 Å². The van der Waals surface area contributed by atoms with Gasteiger partial charge in [-0.15, -0.1) is 20.5 Å². The summed E-state index contributed by atoms with van der Waals surface area (Å²) in [6.45, 7) is 1.53.